The molecule has 0 aliphatic carbocycles. The molecule has 0 bridgehead atoms. The number of carbonyl (C=O) groups is 2. The molecule has 0 amide bonds. The van der Waals surface area contributed by atoms with Crippen LogP contribution >= 0.6 is 0 Å². The molecule has 0 saturated heterocycles. The van der Waals surface area contributed by atoms with E-state index in [-0.39, 0.29) is 11.7 Å². The van der Waals surface area contributed by atoms with Gasteiger partial charge in [-0.05, 0) is 51.2 Å². The van der Waals surface area contributed by atoms with Gasteiger partial charge >= 0.3 is 5.97 Å². The second-order valence-electron chi connectivity index (χ2n) is 6.62. The summed E-state index contributed by atoms with van der Waals surface area (Å²) in [5.74, 6) is -1.64. The second kappa shape index (κ2) is 8.94. The minimum atomic E-state index is -0.894. The smallest absolute Gasteiger partial charge is 0.352 e. The van der Waals surface area contributed by atoms with Gasteiger partial charge in [-0.3, -0.25) is 9.68 Å². The van der Waals surface area contributed by atoms with Crippen molar-refractivity contribution in [2.24, 2.45) is 11.8 Å². The molecule has 0 aliphatic rings. The molecule has 2 atom stereocenters. The first kappa shape index (κ1) is 20.3. The first-order valence-corrected chi connectivity index (χ1v) is 8.19. The third-order valence-corrected chi connectivity index (χ3v) is 3.83. The molecule has 0 radical (unpaired) electrons. The predicted octanol–water partition coefficient (Wildman–Crippen LogP) is 3.92. The number of carbonyl (C=O) groups excluding carboxylic acids is 2. The van der Waals surface area contributed by atoms with Crippen LogP contribution in [0, 0.1) is 32.6 Å². The van der Waals surface area contributed by atoms with Gasteiger partial charge in [-0.15, -0.1) is 0 Å². The molecule has 0 aliphatic heterocycles. The van der Waals surface area contributed by atoms with Crippen LogP contribution in [0.3, 0.4) is 0 Å². The molecule has 0 N–H and O–H groups in total. The number of benzene rings is 1. The van der Waals surface area contributed by atoms with Gasteiger partial charge in [0.25, 0.3) is 0 Å². The van der Waals surface area contributed by atoms with Crippen LogP contribution in [0.1, 0.15) is 54.2 Å². The van der Waals surface area contributed by atoms with E-state index in [0.717, 1.165) is 16.7 Å². The maximum Gasteiger partial charge on any atom is 0.353 e. The topological polar surface area (TPSA) is 61.8 Å². The average molecular weight is 336 g/mol. The fourth-order valence-electron chi connectivity index (χ4n) is 2.74. The maximum absolute atomic E-state index is 13.0. The lowest BCUT2D eigenvalue weighted by molar-refractivity contribution is -0.343. The highest BCUT2D eigenvalue weighted by molar-refractivity contribution is 6.10. The second-order valence-corrected chi connectivity index (χ2v) is 6.62. The average Bonchev–Trinajstić information content (AvgIpc) is 2.48. The Kier molecular flexibility index (Phi) is 7.58. The zero-order valence-corrected chi connectivity index (χ0v) is 15.6. The molecular formula is C19H28O5. The third-order valence-electron chi connectivity index (χ3n) is 3.83. The quantitative estimate of drug-likeness (QED) is 0.237. The van der Waals surface area contributed by atoms with Gasteiger partial charge in [0.2, 0.25) is 0 Å². The van der Waals surface area contributed by atoms with Gasteiger partial charge in [-0.2, -0.15) is 4.89 Å². The Hall–Kier alpha value is -1.72. The first-order valence-electron chi connectivity index (χ1n) is 8.19. The summed E-state index contributed by atoms with van der Waals surface area (Å²) >= 11 is 0. The fourth-order valence-corrected chi connectivity index (χ4v) is 2.74. The molecule has 0 spiro atoms. The van der Waals surface area contributed by atoms with Crippen LogP contribution in [0.25, 0.3) is 0 Å². The minimum absolute atomic E-state index is 0.164. The molecule has 0 heterocycles. The van der Waals surface area contributed by atoms with Crippen molar-refractivity contribution >= 4 is 11.8 Å². The molecule has 5 nitrogen and oxygen atoms in total. The maximum atomic E-state index is 13.0. The van der Waals surface area contributed by atoms with Crippen molar-refractivity contribution < 1.29 is 24.1 Å². The van der Waals surface area contributed by atoms with Crippen molar-refractivity contribution in [3.63, 3.8) is 0 Å². The fraction of sp³-hybridized carbons (Fsp3) is 0.579. The zero-order chi connectivity index (χ0) is 18.4. The van der Waals surface area contributed by atoms with Crippen molar-refractivity contribution in [2.45, 2.75) is 54.3 Å². The minimum Gasteiger partial charge on any atom is -0.352 e. The number of rotatable bonds is 8. The van der Waals surface area contributed by atoms with Gasteiger partial charge in [0, 0.05) is 12.7 Å². The first-order chi connectivity index (χ1) is 11.2. The molecule has 2 unspecified atom stereocenters. The molecule has 0 fully saturated rings. The highest BCUT2D eigenvalue weighted by Gasteiger charge is 2.32. The van der Waals surface area contributed by atoms with Crippen molar-refractivity contribution in [3.05, 3.63) is 34.4 Å². The summed E-state index contributed by atoms with van der Waals surface area (Å²) in [5, 5.41) is 0. The summed E-state index contributed by atoms with van der Waals surface area (Å²) in [6.07, 6.45) is -0.290. The number of ether oxygens (including phenoxy) is 1. The summed E-state index contributed by atoms with van der Waals surface area (Å²) in [6.45, 7) is 11.3. The number of methoxy groups -OCH3 is 1. The Bertz CT molecular complexity index is 568. The highest BCUT2D eigenvalue weighted by atomic mass is 17.2. The van der Waals surface area contributed by atoms with Crippen molar-refractivity contribution in [1.82, 2.24) is 0 Å². The van der Waals surface area contributed by atoms with E-state index in [1.807, 2.05) is 46.8 Å². The highest BCUT2D eigenvalue weighted by Crippen LogP contribution is 2.25. The molecule has 0 aromatic heterocycles. The SMILES string of the molecule is COC(C)OOC(=O)C(CC(C)C)C(=O)c1c(C)cc(C)cc1C. The standard InChI is InChI=1S/C19H28O5/c1-11(2)8-16(19(21)24-23-15(6)22-7)18(20)17-13(4)9-12(3)10-14(17)5/h9-11,15-16H,8H2,1-7H3. The van der Waals surface area contributed by atoms with Gasteiger partial charge in [0.1, 0.15) is 5.92 Å². The molecule has 0 saturated carbocycles. The van der Waals surface area contributed by atoms with Crippen molar-refractivity contribution in [1.29, 1.82) is 0 Å². The Morgan fingerprint density at radius 2 is 1.58 bits per heavy atom. The number of Topliss-reactive ketones (excluding diaryl/α,β-unsaturated/α-hetero) is 1. The Morgan fingerprint density at radius 3 is 2.04 bits per heavy atom. The normalized spacial score (nSPS) is 13.7. The molecule has 1 aromatic rings. The summed E-state index contributed by atoms with van der Waals surface area (Å²) < 4.78 is 4.87. The van der Waals surface area contributed by atoms with Crippen molar-refractivity contribution in [3.8, 4) is 0 Å². The summed E-state index contributed by atoms with van der Waals surface area (Å²) in [4.78, 5) is 35.1. The lowest BCUT2D eigenvalue weighted by Crippen LogP contribution is -2.30. The van der Waals surface area contributed by atoms with E-state index in [2.05, 4.69) is 0 Å². The Labute approximate surface area is 144 Å². The molecular weight excluding hydrogens is 308 g/mol. The van der Waals surface area contributed by atoms with Gasteiger partial charge < -0.3 is 4.74 Å². The lowest BCUT2D eigenvalue weighted by atomic mass is 9.86. The molecule has 1 rings (SSSR count). The van der Waals surface area contributed by atoms with Crippen LogP contribution in [-0.2, 0) is 19.3 Å². The van der Waals surface area contributed by atoms with Gasteiger partial charge in [0.05, 0.1) is 0 Å². The van der Waals surface area contributed by atoms with E-state index in [1.54, 1.807) is 6.92 Å². The Balaban J connectivity index is 3.08. The number of hydrogen-bond acceptors (Lipinski definition) is 5. The number of aryl methyl sites for hydroxylation is 3. The monoisotopic (exact) mass is 336 g/mol. The molecule has 5 heteroatoms. The molecule has 134 valence electrons. The van der Waals surface area contributed by atoms with E-state index in [9.17, 15) is 9.59 Å². The van der Waals surface area contributed by atoms with Gasteiger partial charge in [-0.25, -0.2) is 4.79 Å². The molecule has 24 heavy (non-hydrogen) atoms. The van der Waals surface area contributed by atoms with Gasteiger partial charge in [-0.1, -0.05) is 31.5 Å². The number of hydrogen-bond donors (Lipinski definition) is 0. The van der Waals surface area contributed by atoms with Crippen LogP contribution < -0.4 is 0 Å². The van der Waals surface area contributed by atoms with Crippen LogP contribution in [0.15, 0.2) is 12.1 Å². The van der Waals surface area contributed by atoms with Crippen LogP contribution in [-0.4, -0.2) is 25.2 Å². The van der Waals surface area contributed by atoms with Crippen LogP contribution in [0.2, 0.25) is 0 Å². The van der Waals surface area contributed by atoms with E-state index >= 15 is 0 Å². The molecule has 1 aromatic carbocycles. The summed E-state index contributed by atoms with van der Waals surface area (Å²) in [5.41, 5.74) is 3.40. The largest absolute Gasteiger partial charge is 0.353 e. The van der Waals surface area contributed by atoms with E-state index in [0.29, 0.717) is 12.0 Å². The summed E-state index contributed by atoms with van der Waals surface area (Å²) in [6, 6.07) is 3.89. The predicted molar refractivity (Wildman–Crippen MR) is 91.6 cm³/mol. The van der Waals surface area contributed by atoms with E-state index in [4.69, 9.17) is 14.5 Å². The van der Waals surface area contributed by atoms with Gasteiger partial charge in [0.15, 0.2) is 12.1 Å². The van der Waals surface area contributed by atoms with Crippen LogP contribution in [0.4, 0.5) is 0 Å². The number of ketones is 1. The Morgan fingerprint density at radius 1 is 1.04 bits per heavy atom. The lowest BCUT2D eigenvalue weighted by Gasteiger charge is -2.19. The van der Waals surface area contributed by atoms with E-state index < -0.39 is 18.2 Å². The van der Waals surface area contributed by atoms with Crippen LogP contribution in [0.5, 0.6) is 0 Å². The van der Waals surface area contributed by atoms with E-state index in [1.165, 1.54) is 7.11 Å². The van der Waals surface area contributed by atoms with Crippen molar-refractivity contribution in [2.75, 3.05) is 7.11 Å². The summed E-state index contributed by atoms with van der Waals surface area (Å²) in [7, 11) is 1.44. The zero-order valence-electron chi connectivity index (χ0n) is 15.6. The third kappa shape index (κ3) is 5.42.